The Morgan fingerprint density at radius 1 is 1.00 bits per heavy atom. The van der Waals surface area contributed by atoms with E-state index in [1.807, 2.05) is 38.1 Å². The molecule has 6 nitrogen and oxygen atoms in total. The summed E-state index contributed by atoms with van der Waals surface area (Å²) in [5, 5.41) is 3.34. The highest BCUT2D eigenvalue weighted by molar-refractivity contribution is 7.16. The highest BCUT2D eigenvalue weighted by atomic mass is 32.1. The van der Waals surface area contributed by atoms with Crippen molar-refractivity contribution in [2.45, 2.75) is 13.8 Å². The van der Waals surface area contributed by atoms with Crippen LogP contribution in [0.3, 0.4) is 0 Å². The molecule has 0 fully saturated rings. The molecule has 28 heavy (non-hydrogen) atoms. The van der Waals surface area contributed by atoms with E-state index in [1.165, 1.54) is 11.3 Å². The molecule has 0 spiro atoms. The summed E-state index contributed by atoms with van der Waals surface area (Å²) in [6, 6.07) is 14.8. The van der Waals surface area contributed by atoms with Crippen molar-refractivity contribution in [3.05, 3.63) is 53.4 Å². The Hall–Kier alpha value is -3.06. The van der Waals surface area contributed by atoms with Gasteiger partial charge in [-0.15, -0.1) is 11.3 Å². The zero-order valence-corrected chi connectivity index (χ0v) is 16.8. The van der Waals surface area contributed by atoms with Gasteiger partial charge < -0.3 is 14.2 Å². The molecule has 0 unspecified atom stereocenters. The summed E-state index contributed by atoms with van der Waals surface area (Å²) < 4.78 is 16.1. The second kappa shape index (κ2) is 9.23. The number of hydrogen-bond acceptors (Lipinski definition) is 6. The van der Waals surface area contributed by atoms with Crippen molar-refractivity contribution < 1.29 is 19.0 Å². The van der Waals surface area contributed by atoms with E-state index in [9.17, 15) is 4.79 Å². The molecule has 0 saturated heterocycles. The molecule has 0 radical (unpaired) electrons. The van der Waals surface area contributed by atoms with Crippen LogP contribution in [0.15, 0.2) is 48.5 Å². The van der Waals surface area contributed by atoms with Gasteiger partial charge in [0.2, 0.25) is 0 Å². The van der Waals surface area contributed by atoms with Gasteiger partial charge in [0.05, 0.1) is 19.4 Å². The number of nitrogens with zero attached hydrogens (tertiary/aromatic N) is 1. The fourth-order valence-electron chi connectivity index (χ4n) is 2.57. The maximum absolute atomic E-state index is 12.2. The van der Waals surface area contributed by atoms with Gasteiger partial charge in [0.15, 0.2) is 11.7 Å². The number of carbonyl (C=O) groups excluding carboxylic acids is 1. The number of aryl methyl sites for hydroxylation is 1. The highest BCUT2D eigenvalue weighted by Gasteiger charge is 2.13. The fourth-order valence-corrected chi connectivity index (χ4v) is 3.42. The van der Waals surface area contributed by atoms with Gasteiger partial charge in [-0.1, -0.05) is 0 Å². The van der Waals surface area contributed by atoms with Crippen molar-refractivity contribution >= 4 is 22.4 Å². The van der Waals surface area contributed by atoms with Crippen molar-refractivity contribution in [1.29, 1.82) is 0 Å². The van der Waals surface area contributed by atoms with Gasteiger partial charge in [-0.25, -0.2) is 4.98 Å². The molecule has 3 aromatic rings. The van der Waals surface area contributed by atoms with Crippen LogP contribution in [-0.4, -0.2) is 31.2 Å². The number of anilines is 1. The van der Waals surface area contributed by atoms with Gasteiger partial charge in [-0.3, -0.25) is 10.1 Å². The van der Waals surface area contributed by atoms with Gasteiger partial charge in [0.1, 0.15) is 17.2 Å². The first kappa shape index (κ1) is 19.7. The second-order valence-corrected chi connectivity index (χ2v) is 7.10. The van der Waals surface area contributed by atoms with Gasteiger partial charge in [0.25, 0.3) is 5.91 Å². The van der Waals surface area contributed by atoms with Crippen LogP contribution < -0.4 is 19.5 Å². The Morgan fingerprint density at radius 3 is 2.25 bits per heavy atom. The lowest BCUT2D eigenvalue weighted by Gasteiger charge is -2.06. The smallest absolute Gasteiger partial charge is 0.264 e. The van der Waals surface area contributed by atoms with E-state index in [-0.39, 0.29) is 12.5 Å². The molecule has 1 heterocycles. The molecule has 1 aromatic heterocycles. The third-order valence-electron chi connectivity index (χ3n) is 3.91. The molecule has 1 amide bonds. The lowest BCUT2D eigenvalue weighted by molar-refractivity contribution is -0.118. The maximum atomic E-state index is 12.2. The monoisotopic (exact) mass is 398 g/mol. The summed E-state index contributed by atoms with van der Waals surface area (Å²) in [5.74, 6) is 1.89. The number of thiazole rings is 1. The zero-order chi connectivity index (χ0) is 19.9. The molecule has 1 N–H and O–H groups in total. The summed E-state index contributed by atoms with van der Waals surface area (Å²) in [4.78, 5) is 17.7. The Bertz CT molecular complexity index is 921. The highest BCUT2D eigenvalue weighted by Crippen LogP contribution is 2.31. The SMILES string of the molecule is CCOc1ccc(-c2nc(NC(=O)COc3ccc(OC)cc3)sc2C)cc1. The molecule has 0 aliphatic carbocycles. The van der Waals surface area contributed by atoms with Crippen molar-refractivity contribution in [3.8, 4) is 28.5 Å². The molecular weight excluding hydrogens is 376 g/mol. The normalized spacial score (nSPS) is 10.4. The predicted octanol–water partition coefficient (Wildman–Crippen LogP) is 4.54. The van der Waals surface area contributed by atoms with E-state index in [1.54, 1.807) is 31.4 Å². The third kappa shape index (κ3) is 5.01. The van der Waals surface area contributed by atoms with Gasteiger partial charge in [-0.05, 0) is 62.4 Å². The Morgan fingerprint density at radius 2 is 1.61 bits per heavy atom. The van der Waals surface area contributed by atoms with Crippen LogP contribution >= 0.6 is 11.3 Å². The molecule has 0 bridgehead atoms. The Kier molecular flexibility index (Phi) is 6.49. The number of hydrogen-bond donors (Lipinski definition) is 1. The summed E-state index contributed by atoms with van der Waals surface area (Å²) in [6.07, 6.45) is 0. The largest absolute Gasteiger partial charge is 0.497 e. The van der Waals surface area contributed by atoms with Crippen LogP contribution in [-0.2, 0) is 4.79 Å². The lowest BCUT2D eigenvalue weighted by Crippen LogP contribution is -2.20. The zero-order valence-electron chi connectivity index (χ0n) is 16.0. The number of amides is 1. The topological polar surface area (TPSA) is 69.7 Å². The quantitative estimate of drug-likeness (QED) is 0.603. The van der Waals surface area contributed by atoms with Crippen LogP contribution in [0.25, 0.3) is 11.3 Å². The average molecular weight is 398 g/mol. The first-order chi connectivity index (χ1) is 13.6. The van der Waals surface area contributed by atoms with Crippen LogP contribution in [0.2, 0.25) is 0 Å². The average Bonchev–Trinajstić information content (AvgIpc) is 3.07. The first-order valence-electron chi connectivity index (χ1n) is 8.86. The predicted molar refractivity (Wildman–Crippen MR) is 111 cm³/mol. The minimum absolute atomic E-state index is 0.0939. The summed E-state index contributed by atoms with van der Waals surface area (Å²) in [7, 11) is 1.60. The van der Waals surface area contributed by atoms with E-state index < -0.39 is 0 Å². The van der Waals surface area contributed by atoms with E-state index in [0.29, 0.717) is 17.5 Å². The van der Waals surface area contributed by atoms with Gasteiger partial charge in [-0.2, -0.15) is 0 Å². The second-order valence-electron chi connectivity index (χ2n) is 5.89. The minimum Gasteiger partial charge on any atom is -0.497 e. The molecule has 3 rings (SSSR count). The first-order valence-corrected chi connectivity index (χ1v) is 9.68. The molecule has 0 saturated carbocycles. The summed E-state index contributed by atoms with van der Waals surface area (Å²) >= 11 is 1.43. The molecule has 146 valence electrons. The van der Waals surface area contributed by atoms with Crippen molar-refractivity contribution in [2.24, 2.45) is 0 Å². The van der Waals surface area contributed by atoms with Crippen molar-refractivity contribution in [1.82, 2.24) is 4.98 Å². The van der Waals surface area contributed by atoms with E-state index in [2.05, 4.69) is 10.3 Å². The number of nitrogens with one attached hydrogen (secondary N) is 1. The molecule has 0 aliphatic rings. The summed E-state index contributed by atoms with van der Waals surface area (Å²) in [6.45, 7) is 4.46. The lowest BCUT2D eigenvalue weighted by atomic mass is 10.1. The minimum atomic E-state index is -0.261. The van der Waals surface area contributed by atoms with Crippen LogP contribution in [0.4, 0.5) is 5.13 Å². The van der Waals surface area contributed by atoms with Crippen molar-refractivity contribution in [2.75, 3.05) is 25.6 Å². The third-order valence-corrected chi connectivity index (χ3v) is 4.80. The summed E-state index contributed by atoms with van der Waals surface area (Å²) in [5.41, 5.74) is 1.83. The van der Waals surface area contributed by atoms with Crippen LogP contribution in [0.5, 0.6) is 17.2 Å². The molecule has 2 aromatic carbocycles. The van der Waals surface area contributed by atoms with Gasteiger partial charge in [0, 0.05) is 10.4 Å². The standard InChI is InChI=1S/C21H22N2O4S/c1-4-26-17-7-5-15(6-8-17)20-14(2)28-21(23-20)22-19(24)13-27-18-11-9-16(25-3)10-12-18/h5-12H,4,13H2,1-3H3,(H,22,23,24). The molecular formula is C21H22N2O4S. The Balaban J connectivity index is 1.59. The molecule has 7 heteroatoms. The van der Waals surface area contributed by atoms with E-state index in [0.717, 1.165) is 27.6 Å². The Labute approximate surface area is 168 Å². The van der Waals surface area contributed by atoms with Crippen LogP contribution in [0.1, 0.15) is 11.8 Å². The maximum Gasteiger partial charge on any atom is 0.264 e. The number of rotatable bonds is 8. The molecule has 0 atom stereocenters. The fraction of sp³-hybridized carbons (Fsp3) is 0.238. The van der Waals surface area contributed by atoms with Crippen LogP contribution in [0, 0.1) is 6.92 Å². The van der Waals surface area contributed by atoms with E-state index in [4.69, 9.17) is 14.2 Å². The number of aromatic nitrogens is 1. The number of benzene rings is 2. The van der Waals surface area contributed by atoms with Gasteiger partial charge >= 0.3 is 0 Å². The van der Waals surface area contributed by atoms with Crippen molar-refractivity contribution in [3.63, 3.8) is 0 Å². The number of methoxy groups -OCH3 is 1. The molecule has 0 aliphatic heterocycles. The van der Waals surface area contributed by atoms with E-state index >= 15 is 0 Å². The number of ether oxygens (including phenoxy) is 3. The number of carbonyl (C=O) groups is 1.